The van der Waals surface area contributed by atoms with E-state index in [4.69, 9.17) is 5.84 Å². The van der Waals surface area contributed by atoms with E-state index in [1.165, 1.54) is 0 Å². The molecule has 4 nitrogen and oxygen atoms in total. The van der Waals surface area contributed by atoms with Crippen LogP contribution in [-0.2, 0) is 6.54 Å². The fourth-order valence-electron chi connectivity index (χ4n) is 2.10. The molecule has 2 rings (SSSR count). The lowest BCUT2D eigenvalue weighted by Gasteiger charge is -2.20. The average Bonchev–Trinajstić information content (AvgIpc) is 2.77. The second-order valence-electron chi connectivity index (χ2n) is 4.37. The van der Waals surface area contributed by atoms with Gasteiger partial charge in [-0.15, -0.1) is 0 Å². The Morgan fingerprint density at radius 1 is 1.30 bits per heavy atom. The summed E-state index contributed by atoms with van der Waals surface area (Å²) < 4.78 is 4.93. The summed E-state index contributed by atoms with van der Waals surface area (Å²) in [5, 5.41) is 4.40. The first kappa shape index (κ1) is 16.2. The minimum Gasteiger partial charge on any atom is -0.271 e. The predicted octanol–water partition coefficient (Wildman–Crippen LogP) is 4.13. The molecule has 0 aliphatic rings. The van der Waals surface area contributed by atoms with Crippen LogP contribution in [0, 0.1) is 0 Å². The van der Waals surface area contributed by atoms with E-state index in [9.17, 15) is 0 Å². The highest BCUT2D eigenvalue weighted by molar-refractivity contribution is 9.11. The monoisotopic (exact) mass is 464 g/mol. The van der Waals surface area contributed by atoms with Gasteiger partial charge in [0.2, 0.25) is 0 Å². The van der Waals surface area contributed by atoms with Crippen LogP contribution in [0.15, 0.2) is 37.8 Å². The van der Waals surface area contributed by atoms with E-state index in [2.05, 4.69) is 65.2 Å². The number of aromatic nitrogens is 2. The van der Waals surface area contributed by atoms with Crippen molar-refractivity contribution in [2.45, 2.75) is 25.9 Å². The molecule has 1 unspecified atom stereocenters. The lowest BCUT2D eigenvalue weighted by Crippen LogP contribution is -2.31. The Hall–Kier alpha value is -0.210. The summed E-state index contributed by atoms with van der Waals surface area (Å²) in [4.78, 5) is 0. The number of benzene rings is 1. The fraction of sp³-hybridized carbons (Fsp3) is 0.308. The third kappa shape index (κ3) is 3.33. The molecule has 20 heavy (non-hydrogen) atoms. The molecule has 1 heterocycles. The topological polar surface area (TPSA) is 55.9 Å². The van der Waals surface area contributed by atoms with Crippen LogP contribution in [0.5, 0.6) is 0 Å². The van der Waals surface area contributed by atoms with Gasteiger partial charge in [-0.25, -0.2) is 5.43 Å². The average molecular weight is 467 g/mol. The number of hydrogen-bond acceptors (Lipinski definition) is 3. The molecule has 1 aromatic heterocycles. The molecule has 7 heteroatoms. The fourth-order valence-corrected chi connectivity index (χ4v) is 3.48. The molecular formula is C13H15Br3N4. The smallest absolute Gasteiger partial charge is 0.0901 e. The Kier molecular flexibility index (Phi) is 5.80. The first-order chi connectivity index (χ1) is 9.58. The molecule has 0 saturated heterocycles. The van der Waals surface area contributed by atoms with Crippen molar-refractivity contribution < 1.29 is 0 Å². The number of hydrogen-bond donors (Lipinski definition) is 2. The van der Waals surface area contributed by atoms with E-state index >= 15 is 0 Å². The van der Waals surface area contributed by atoms with Gasteiger partial charge in [0.25, 0.3) is 0 Å². The summed E-state index contributed by atoms with van der Waals surface area (Å²) in [6.07, 6.45) is 2.82. The zero-order valence-electron chi connectivity index (χ0n) is 10.9. The lowest BCUT2D eigenvalue weighted by atomic mass is 10.0. The Bertz CT molecular complexity index is 597. The van der Waals surface area contributed by atoms with Crippen LogP contribution >= 0.6 is 47.8 Å². The van der Waals surface area contributed by atoms with E-state index in [1.807, 2.05) is 22.9 Å². The maximum atomic E-state index is 5.80. The minimum atomic E-state index is -0.148. The van der Waals surface area contributed by atoms with Crippen molar-refractivity contribution in [3.8, 4) is 0 Å². The molecule has 0 aliphatic carbocycles. The number of nitrogens with two attached hydrogens (primary N) is 1. The Labute approximate surface area is 143 Å². The summed E-state index contributed by atoms with van der Waals surface area (Å²) in [5.74, 6) is 5.80. The van der Waals surface area contributed by atoms with Crippen molar-refractivity contribution in [3.63, 3.8) is 0 Å². The molecule has 0 aliphatic heterocycles. The predicted molar refractivity (Wildman–Crippen MR) is 91.2 cm³/mol. The SMILES string of the molecule is CCCn1ncc(Br)c1C(NN)c1cc(Br)ccc1Br. The molecule has 1 atom stereocenters. The van der Waals surface area contributed by atoms with E-state index in [0.29, 0.717) is 0 Å². The maximum Gasteiger partial charge on any atom is 0.0901 e. The van der Waals surface area contributed by atoms with Crippen molar-refractivity contribution >= 4 is 47.8 Å². The van der Waals surface area contributed by atoms with Crippen molar-refractivity contribution in [1.29, 1.82) is 0 Å². The van der Waals surface area contributed by atoms with Gasteiger partial charge in [0.15, 0.2) is 0 Å². The Balaban J connectivity index is 2.52. The van der Waals surface area contributed by atoms with Crippen molar-refractivity contribution in [2.75, 3.05) is 0 Å². The largest absolute Gasteiger partial charge is 0.271 e. The molecule has 0 radical (unpaired) electrons. The Morgan fingerprint density at radius 2 is 2.05 bits per heavy atom. The van der Waals surface area contributed by atoms with Crippen molar-refractivity contribution in [3.05, 3.63) is 49.1 Å². The van der Waals surface area contributed by atoms with Crippen LogP contribution in [0.2, 0.25) is 0 Å². The first-order valence-corrected chi connectivity index (χ1v) is 8.58. The second kappa shape index (κ2) is 7.17. The standard InChI is InChI=1S/C13H15Br3N4/c1-2-5-20-13(11(16)7-18-20)12(19-17)9-6-8(14)3-4-10(9)15/h3-4,6-7,12,19H,2,5,17H2,1H3. The third-order valence-electron chi connectivity index (χ3n) is 2.98. The zero-order chi connectivity index (χ0) is 14.7. The van der Waals surface area contributed by atoms with Crippen molar-refractivity contribution in [2.24, 2.45) is 5.84 Å². The van der Waals surface area contributed by atoms with Gasteiger partial charge in [0.1, 0.15) is 0 Å². The normalized spacial score (nSPS) is 12.7. The highest BCUT2D eigenvalue weighted by atomic mass is 79.9. The summed E-state index contributed by atoms with van der Waals surface area (Å²) in [6, 6.07) is 5.88. The van der Waals surface area contributed by atoms with Gasteiger partial charge in [-0.05, 0) is 46.1 Å². The maximum absolute atomic E-state index is 5.80. The minimum absolute atomic E-state index is 0.148. The number of halogens is 3. The lowest BCUT2D eigenvalue weighted by molar-refractivity contribution is 0.518. The number of rotatable bonds is 5. The third-order valence-corrected chi connectivity index (χ3v) is 4.80. The van der Waals surface area contributed by atoms with Gasteiger partial charge in [-0.1, -0.05) is 38.8 Å². The van der Waals surface area contributed by atoms with E-state index in [1.54, 1.807) is 6.20 Å². The molecule has 3 N–H and O–H groups in total. The second-order valence-corrected chi connectivity index (χ2v) is 6.99. The zero-order valence-corrected chi connectivity index (χ0v) is 15.7. The quantitative estimate of drug-likeness (QED) is 0.514. The van der Waals surface area contributed by atoms with Gasteiger partial charge in [0, 0.05) is 15.5 Å². The van der Waals surface area contributed by atoms with E-state index < -0.39 is 0 Å². The molecule has 0 fully saturated rings. The summed E-state index contributed by atoms with van der Waals surface area (Å²) in [6.45, 7) is 2.98. The number of aryl methyl sites for hydroxylation is 1. The molecule has 2 aromatic rings. The number of hydrazine groups is 1. The van der Waals surface area contributed by atoms with Crippen LogP contribution in [0.3, 0.4) is 0 Å². The molecule has 108 valence electrons. The van der Waals surface area contributed by atoms with Gasteiger partial charge >= 0.3 is 0 Å². The number of nitrogens with zero attached hydrogens (tertiary/aromatic N) is 2. The number of nitrogens with one attached hydrogen (secondary N) is 1. The highest BCUT2D eigenvalue weighted by Crippen LogP contribution is 2.33. The van der Waals surface area contributed by atoms with Gasteiger partial charge in [-0.2, -0.15) is 5.10 Å². The van der Waals surface area contributed by atoms with Gasteiger partial charge in [0.05, 0.1) is 22.4 Å². The molecule has 0 bridgehead atoms. The molecule has 0 amide bonds. The molecule has 0 saturated carbocycles. The summed E-state index contributed by atoms with van der Waals surface area (Å²) in [5.41, 5.74) is 4.96. The summed E-state index contributed by atoms with van der Waals surface area (Å²) >= 11 is 10.6. The van der Waals surface area contributed by atoms with Crippen LogP contribution in [0.4, 0.5) is 0 Å². The van der Waals surface area contributed by atoms with Crippen LogP contribution in [0.1, 0.15) is 30.6 Å². The highest BCUT2D eigenvalue weighted by Gasteiger charge is 2.22. The summed E-state index contributed by atoms with van der Waals surface area (Å²) in [7, 11) is 0. The van der Waals surface area contributed by atoms with Crippen molar-refractivity contribution in [1.82, 2.24) is 15.2 Å². The van der Waals surface area contributed by atoms with E-state index in [0.717, 1.165) is 37.6 Å². The molecular weight excluding hydrogens is 452 g/mol. The van der Waals surface area contributed by atoms with Gasteiger partial charge in [-0.3, -0.25) is 10.5 Å². The first-order valence-electron chi connectivity index (χ1n) is 6.20. The van der Waals surface area contributed by atoms with Gasteiger partial charge < -0.3 is 0 Å². The van der Waals surface area contributed by atoms with Crippen LogP contribution in [0.25, 0.3) is 0 Å². The van der Waals surface area contributed by atoms with Crippen LogP contribution < -0.4 is 11.3 Å². The Morgan fingerprint density at radius 3 is 2.70 bits per heavy atom. The van der Waals surface area contributed by atoms with Crippen LogP contribution in [-0.4, -0.2) is 9.78 Å². The van der Waals surface area contributed by atoms with E-state index in [-0.39, 0.29) is 6.04 Å². The molecule has 0 spiro atoms. The molecule has 1 aromatic carbocycles.